The van der Waals surface area contributed by atoms with E-state index in [4.69, 9.17) is 37.7 Å². The normalized spacial score (nSPS) is 39.0. The molecule has 0 saturated heterocycles. The third-order valence-electron chi connectivity index (χ3n) is 10.4. The lowest BCUT2D eigenvalue weighted by atomic mass is 9.75. The Labute approximate surface area is 270 Å². The lowest BCUT2D eigenvalue weighted by Crippen LogP contribution is -2.48. The van der Waals surface area contributed by atoms with Gasteiger partial charge in [0.1, 0.15) is 18.1 Å². The summed E-state index contributed by atoms with van der Waals surface area (Å²) in [6.45, 7) is -0.193. The van der Waals surface area contributed by atoms with E-state index in [2.05, 4.69) is 0 Å². The third-order valence-corrected chi connectivity index (χ3v) is 11.3. The minimum atomic E-state index is -1.34. The summed E-state index contributed by atoms with van der Waals surface area (Å²) in [5, 5.41) is 41.3. The number of esters is 1. The van der Waals surface area contributed by atoms with E-state index < -0.39 is 81.1 Å². The Kier molecular flexibility index (Phi) is 12.7. The quantitative estimate of drug-likeness (QED) is 0.0944. The van der Waals surface area contributed by atoms with Crippen molar-refractivity contribution in [2.75, 3.05) is 6.61 Å². The predicted octanol–water partition coefficient (Wildman–Crippen LogP) is 4.71. The first-order chi connectivity index (χ1) is 21.4. The molecule has 4 aliphatic rings. The molecule has 2 N–H and O–H groups in total. The second kappa shape index (κ2) is 16.0. The van der Waals surface area contributed by atoms with Crippen LogP contribution in [0.25, 0.3) is 0 Å². The number of nitro groups is 2. The molecule has 4 saturated carbocycles. The van der Waals surface area contributed by atoms with Crippen molar-refractivity contribution in [3.05, 3.63) is 20.2 Å². The van der Waals surface area contributed by atoms with Crippen LogP contribution in [-0.4, -0.2) is 79.6 Å². The van der Waals surface area contributed by atoms with Gasteiger partial charge in [-0.15, -0.1) is 23.2 Å². The highest BCUT2D eigenvalue weighted by Gasteiger charge is 2.50. The van der Waals surface area contributed by atoms with Crippen LogP contribution < -0.4 is 0 Å². The highest BCUT2D eigenvalue weighted by Crippen LogP contribution is 2.41. The summed E-state index contributed by atoms with van der Waals surface area (Å²) in [6.07, 6.45) is 5.39. The number of carbonyl (C=O) groups excluding carboxylic acids is 1. The van der Waals surface area contributed by atoms with Crippen LogP contribution in [0.2, 0.25) is 0 Å². The molecule has 0 aliphatic heterocycles. The molecular weight excluding hydrogens is 639 g/mol. The number of halogens is 2. The molecule has 14 nitrogen and oxygen atoms in total. The maximum atomic E-state index is 13.0. The van der Waals surface area contributed by atoms with Gasteiger partial charge in [-0.3, -0.25) is 34.6 Å². The van der Waals surface area contributed by atoms with E-state index in [0.717, 1.165) is 19.3 Å². The van der Waals surface area contributed by atoms with E-state index in [1.165, 1.54) is 0 Å². The molecule has 45 heavy (non-hydrogen) atoms. The molecule has 0 radical (unpaired) electrons. The maximum absolute atomic E-state index is 13.0. The fourth-order valence-corrected chi connectivity index (χ4v) is 8.81. The second-order valence-electron chi connectivity index (χ2n) is 13.2. The summed E-state index contributed by atoms with van der Waals surface area (Å²) >= 11 is 13.3. The van der Waals surface area contributed by atoms with Crippen LogP contribution >= 0.6 is 23.2 Å². The smallest absolute Gasteiger partial charge is 0.317 e. The van der Waals surface area contributed by atoms with Gasteiger partial charge in [0, 0.05) is 22.7 Å². The van der Waals surface area contributed by atoms with Crippen molar-refractivity contribution in [1.29, 1.82) is 0 Å². The highest BCUT2D eigenvalue weighted by molar-refractivity contribution is 6.21. The van der Waals surface area contributed by atoms with Crippen LogP contribution in [0.1, 0.15) is 83.5 Å². The standard InChI is InChI=1S/C29H42Cl2N2O12/c30-20-12-15(7-9-24(20)44-29(38)26-18(28(36)37)4-2-6-23(26)33(41)42)11-16-8-10-25(21(31)13-16)45-43-14-19-17(27(34)35)3-1-5-22(19)32(39)40/h15-26H,1-14H2,(H,34,35)(H,36,37). The average molecular weight is 682 g/mol. The number of aliphatic carboxylic acids is 2. The number of hydrogen-bond acceptors (Lipinski definition) is 10. The molecule has 4 rings (SSSR count). The Morgan fingerprint density at radius 2 is 1.27 bits per heavy atom. The van der Waals surface area contributed by atoms with Gasteiger partial charge >= 0.3 is 17.9 Å². The lowest BCUT2D eigenvalue weighted by Gasteiger charge is -2.38. The van der Waals surface area contributed by atoms with Gasteiger partial charge in [-0.1, -0.05) is 0 Å². The molecule has 0 aromatic heterocycles. The van der Waals surface area contributed by atoms with E-state index >= 15 is 0 Å². The zero-order valence-electron chi connectivity index (χ0n) is 25.0. The summed E-state index contributed by atoms with van der Waals surface area (Å²) in [5.41, 5.74) is 0. The number of alkyl halides is 2. The molecule has 0 aromatic carbocycles. The Morgan fingerprint density at radius 3 is 1.80 bits per heavy atom. The van der Waals surface area contributed by atoms with Crippen molar-refractivity contribution < 1.29 is 49.0 Å². The SMILES string of the molecule is O=C(O)C1CCCC([N+](=O)[O-])C1COOC1CCC(CC2CCC(OC(=O)C3C(C(=O)O)CCCC3[N+](=O)[O-])C(Cl)C2)CC1Cl. The molecule has 254 valence electrons. The topological polar surface area (TPSA) is 206 Å². The zero-order chi connectivity index (χ0) is 32.8. The summed E-state index contributed by atoms with van der Waals surface area (Å²) in [7, 11) is 0. The lowest BCUT2D eigenvalue weighted by molar-refractivity contribution is -0.540. The van der Waals surface area contributed by atoms with Crippen molar-refractivity contribution in [2.45, 2.75) is 119 Å². The Morgan fingerprint density at radius 1 is 0.733 bits per heavy atom. The van der Waals surface area contributed by atoms with Gasteiger partial charge in [0.2, 0.25) is 12.1 Å². The van der Waals surface area contributed by atoms with Crippen LogP contribution in [0, 0.1) is 55.7 Å². The van der Waals surface area contributed by atoms with E-state index in [0.29, 0.717) is 51.4 Å². The number of carboxylic acids is 2. The highest BCUT2D eigenvalue weighted by atomic mass is 35.5. The first-order valence-corrected chi connectivity index (χ1v) is 16.7. The molecular formula is C29H42Cl2N2O12. The minimum Gasteiger partial charge on any atom is -0.481 e. The summed E-state index contributed by atoms with van der Waals surface area (Å²) in [6, 6.07) is -2.29. The van der Waals surface area contributed by atoms with Crippen LogP contribution in [0.4, 0.5) is 0 Å². The van der Waals surface area contributed by atoms with Gasteiger partial charge in [-0.2, -0.15) is 0 Å². The molecule has 12 unspecified atom stereocenters. The summed E-state index contributed by atoms with van der Waals surface area (Å²) in [4.78, 5) is 69.4. The van der Waals surface area contributed by atoms with Gasteiger partial charge < -0.3 is 14.9 Å². The van der Waals surface area contributed by atoms with Crippen molar-refractivity contribution in [2.24, 2.45) is 35.5 Å². The number of carbonyl (C=O) groups is 3. The minimum absolute atomic E-state index is 0.127. The molecule has 0 amide bonds. The molecule has 0 heterocycles. The van der Waals surface area contributed by atoms with E-state index in [-0.39, 0.29) is 36.7 Å². The number of hydrogen-bond donors (Lipinski definition) is 2. The van der Waals surface area contributed by atoms with Crippen molar-refractivity contribution in [3.8, 4) is 0 Å². The molecule has 4 aliphatic carbocycles. The van der Waals surface area contributed by atoms with Crippen molar-refractivity contribution in [3.63, 3.8) is 0 Å². The Hall–Kier alpha value is -2.29. The first-order valence-electron chi connectivity index (χ1n) is 15.9. The van der Waals surface area contributed by atoms with Crippen LogP contribution in [0.5, 0.6) is 0 Å². The van der Waals surface area contributed by atoms with E-state index in [1.54, 1.807) is 0 Å². The van der Waals surface area contributed by atoms with E-state index in [1.807, 2.05) is 0 Å². The van der Waals surface area contributed by atoms with Gasteiger partial charge in [-0.25, -0.2) is 9.78 Å². The number of nitrogens with zero attached hydrogens (tertiary/aromatic N) is 2. The Balaban J connectivity index is 1.22. The van der Waals surface area contributed by atoms with Crippen LogP contribution in [0.3, 0.4) is 0 Å². The second-order valence-corrected chi connectivity index (χ2v) is 14.3. The molecule has 16 heteroatoms. The van der Waals surface area contributed by atoms with Gasteiger partial charge in [0.15, 0.2) is 0 Å². The molecule has 0 spiro atoms. The maximum Gasteiger partial charge on any atom is 0.317 e. The largest absolute Gasteiger partial charge is 0.481 e. The number of rotatable bonds is 12. The van der Waals surface area contributed by atoms with Gasteiger partial charge in [-0.05, 0) is 82.5 Å². The first kappa shape index (κ1) is 35.6. The summed E-state index contributed by atoms with van der Waals surface area (Å²) < 4.78 is 5.63. The van der Waals surface area contributed by atoms with Crippen molar-refractivity contribution >= 4 is 41.1 Å². The van der Waals surface area contributed by atoms with E-state index in [9.17, 15) is 44.8 Å². The van der Waals surface area contributed by atoms with Crippen LogP contribution in [0.15, 0.2) is 0 Å². The number of carboxylic acid groups (broad SMARTS) is 2. The summed E-state index contributed by atoms with van der Waals surface area (Å²) in [5.74, 6) is -6.79. The van der Waals surface area contributed by atoms with Crippen molar-refractivity contribution in [1.82, 2.24) is 0 Å². The Bertz CT molecular complexity index is 1050. The molecule has 0 bridgehead atoms. The fourth-order valence-electron chi connectivity index (χ4n) is 7.96. The fraction of sp³-hybridized carbons (Fsp3) is 0.897. The predicted molar refractivity (Wildman–Crippen MR) is 158 cm³/mol. The molecule has 4 fully saturated rings. The average Bonchev–Trinajstić information content (AvgIpc) is 2.98. The van der Waals surface area contributed by atoms with Crippen LogP contribution in [-0.2, 0) is 28.9 Å². The molecule has 0 aromatic rings. The zero-order valence-corrected chi connectivity index (χ0v) is 26.5. The van der Waals surface area contributed by atoms with Gasteiger partial charge in [0.25, 0.3) is 0 Å². The third kappa shape index (κ3) is 8.95. The molecule has 12 atom stereocenters. The monoisotopic (exact) mass is 680 g/mol. The van der Waals surface area contributed by atoms with Gasteiger partial charge in [0.05, 0.1) is 35.1 Å². The number of ether oxygens (including phenoxy) is 1.